The Balaban J connectivity index is 2.17. The first kappa shape index (κ1) is 13.8. The molecule has 2 nitrogen and oxygen atoms in total. The van der Waals surface area contributed by atoms with Crippen molar-refractivity contribution in [2.24, 2.45) is 0 Å². The summed E-state index contributed by atoms with van der Waals surface area (Å²) in [6, 6.07) is 16.2. The zero-order valence-corrected chi connectivity index (χ0v) is 11.3. The van der Waals surface area contributed by atoms with E-state index in [-0.39, 0.29) is 5.78 Å². The van der Waals surface area contributed by atoms with Gasteiger partial charge in [-0.1, -0.05) is 60.2 Å². The summed E-state index contributed by atoms with van der Waals surface area (Å²) in [5.41, 5.74) is 2.31. The van der Waals surface area contributed by atoms with E-state index in [9.17, 15) is 9.90 Å². The molecule has 3 heteroatoms. The van der Waals surface area contributed by atoms with Gasteiger partial charge in [0, 0.05) is 5.56 Å². The lowest BCUT2D eigenvalue weighted by atomic mass is 9.99. The Morgan fingerprint density at radius 1 is 1.05 bits per heavy atom. The highest BCUT2D eigenvalue weighted by Gasteiger charge is 2.26. The van der Waals surface area contributed by atoms with Crippen molar-refractivity contribution in [1.29, 1.82) is 0 Å². The molecule has 2 rings (SSSR count). The molecule has 0 saturated carbocycles. The summed E-state index contributed by atoms with van der Waals surface area (Å²) in [5.74, 6) is -0.360. The largest absolute Gasteiger partial charge is 0.383 e. The first-order chi connectivity index (χ1) is 9.09. The van der Waals surface area contributed by atoms with E-state index in [0.717, 1.165) is 11.1 Å². The van der Waals surface area contributed by atoms with Gasteiger partial charge in [0.1, 0.15) is 6.10 Å². The molecule has 0 radical (unpaired) electrons. The number of benzene rings is 2. The van der Waals surface area contributed by atoms with E-state index in [1.54, 1.807) is 24.3 Å². The topological polar surface area (TPSA) is 37.3 Å². The molecule has 0 unspecified atom stereocenters. The molecule has 0 aliphatic rings. The molecule has 0 amide bonds. The number of halogens is 1. The number of aryl methyl sites for hydroxylation is 1. The fraction of sp³-hybridized carbons (Fsp3) is 0.188. The van der Waals surface area contributed by atoms with Gasteiger partial charge in [0.25, 0.3) is 0 Å². The summed E-state index contributed by atoms with van der Waals surface area (Å²) in [4.78, 5) is 12.1. The van der Waals surface area contributed by atoms with E-state index >= 15 is 0 Å². The number of Topliss-reactive ketones (excluding diaryl/α,β-unsaturated/α-hetero) is 1. The molecule has 2 atom stereocenters. The lowest BCUT2D eigenvalue weighted by Gasteiger charge is -2.16. The predicted octanol–water partition coefficient (Wildman–Crippen LogP) is 3.52. The Morgan fingerprint density at radius 3 is 2.21 bits per heavy atom. The molecule has 0 saturated heterocycles. The Labute approximate surface area is 117 Å². The third-order valence-corrected chi connectivity index (χ3v) is 3.49. The summed E-state index contributed by atoms with van der Waals surface area (Å²) in [5, 5.41) is 9.34. The third kappa shape index (κ3) is 3.22. The zero-order valence-electron chi connectivity index (χ0n) is 10.6. The van der Waals surface area contributed by atoms with Gasteiger partial charge in [-0.15, -0.1) is 11.6 Å². The normalized spacial score (nSPS) is 13.8. The summed E-state index contributed by atoms with van der Waals surface area (Å²) >= 11 is 6.18. The van der Waals surface area contributed by atoms with E-state index in [0.29, 0.717) is 5.56 Å². The Morgan fingerprint density at radius 2 is 1.63 bits per heavy atom. The van der Waals surface area contributed by atoms with E-state index < -0.39 is 11.5 Å². The standard InChI is InChI=1S/C16H15ClO2/c1-11-7-9-12(10-8-11)14(17)16(19)15(18)13-5-3-2-4-6-13/h2-10,14,16,19H,1H3/t14-,16+/m0/s1. The number of aliphatic hydroxyl groups excluding tert-OH is 1. The van der Waals surface area contributed by atoms with Crippen molar-refractivity contribution < 1.29 is 9.90 Å². The van der Waals surface area contributed by atoms with Crippen LogP contribution in [0.4, 0.5) is 0 Å². The number of aliphatic hydroxyl groups is 1. The first-order valence-electron chi connectivity index (χ1n) is 6.07. The van der Waals surface area contributed by atoms with Crippen LogP contribution in [0, 0.1) is 6.92 Å². The van der Waals surface area contributed by atoms with Crippen molar-refractivity contribution >= 4 is 17.4 Å². The van der Waals surface area contributed by atoms with E-state index in [2.05, 4.69) is 0 Å². The molecule has 0 fully saturated rings. The van der Waals surface area contributed by atoms with Crippen LogP contribution in [-0.4, -0.2) is 17.0 Å². The van der Waals surface area contributed by atoms with E-state index in [4.69, 9.17) is 11.6 Å². The minimum absolute atomic E-state index is 0.360. The van der Waals surface area contributed by atoms with Crippen molar-refractivity contribution in [1.82, 2.24) is 0 Å². The fourth-order valence-corrected chi connectivity index (χ4v) is 2.10. The fourth-order valence-electron chi connectivity index (χ4n) is 1.84. The molecule has 0 aliphatic carbocycles. The maximum absolute atomic E-state index is 12.1. The van der Waals surface area contributed by atoms with Gasteiger partial charge in [0.05, 0.1) is 5.38 Å². The van der Waals surface area contributed by atoms with Crippen LogP contribution in [-0.2, 0) is 0 Å². The minimum atomic E-state index is -1.24. The van der Waals surface area contributed by atoms with Crippen LogP contribution in [0.25, 0.3) is 0 Å². The molecule has 98 valence electrons. The average Bonchev–Trinajstić information content (AvgIpc) is 2.46. The molecule has 2 aromatic rings. The van der Waals surface area contributed by atoms with Crippen molar-refractivity contribution in [3.05, 3.63) is 71.3 Å². The second-order valence-corrected chi connectivity index (χ2v) is 4.96. The number of alkyl halides is 1. The van der Waals surface area contributed by atoms with Crippen LogP contribution < -0.4 is 0 Å². The van der Waals surface area contributed by atoms with Crippen LogP contribution in [0.15, 0.2) is 54.6 Å². The van der Waals surface area contributed by atoms with E-state index in [1.807, 2.05) is 37.3 Å². The monoisotopic (exact) mass is 274 g/mol. The van der Waals surface area contributed by atoms with E-state index in [1.165, 1.54) is 0 Å². The predicted molar refractivity (Wildman–Crippen MR) is 76.6 cm³/mol. The number of hydrogen-bond donors (Lipinski definition) is 1. The van der Waals surface area contributed by atoms with Crippen LogP contribution in [0.3, 0.4) is 0 Å². The second kappa shape index (κ2) is 6.00. The van der Waals surface area contributed by atoms with Crippen LogP contribution >= 0.6 is 11.6 Å². The number of carbonyl (C=O) groups is 1. The Bertz CT molecular complexity index is 549. The quantitative estimate of drug-likeness (QED) is 0.684. The first-order valence-corrected chi connectivity index (χ1v) is 6.51. The van der Waals surface area contributed by atoms with Gasteiger partial charge in [-0.25, -0.2) is 0 Å². The molecule has 0 heterocycles. The molecule has 0 spiro atoms. The van der Waals surface area contributed by atoms with Crippen LogP contribution in [0.2, 0.25) is 0 Å². The van der Waals surface area contributed by atoms with Crippen molar-refractivity contribution in [2.45, 2.75) is 18.4 Å². The number of hydrogen-bond acceptors (Lipinski definition) is 2. The maximum Gasteiger partial charge on any atom is 0.193 e. The molecule has 0 aromatic heterocycles. The zero-order chi connectivity index (χ0) is 13.8. The van der Waals surface area contributed by atoms with Crippen LogP contribution in [0.1, 0.15) is 26.9 Å². The van der Waals surface area contributed by atoms with Crippen molar-refractivity contribution in [3.8, 4) is 0 Å². The molecule has 0 aliphatic heterocycles. The second-order valence-electron chi connectivity index (χ2n) is 4.49. The Kier molecular flexibility index (Phi) is 4.35. The lowest BCUT2D eigenvalue weighted by molar-refractivity contribution is 0.0738. The van der Waals surface area contributed by atoms with Gasteiger partial charge in [-0.3, -0.25) is 4.79 Å². The van der Waals surface area contributed by atoms with Gasteiger partial charge in [-0.05, 0) is 12.5 Å². The average molecular weight is 275 g/mol. The smallest absolute Gasteiger partial charge is 0.193 e. The van der Waals surface area contributed by atoms with Gasteiger partial charge in [0.15, 0.2) is 5.78 Å². The maximum atomic E-state index is 12.1. The lowest BCUT2D eigenvalue weighted by Crippen LogP contribution is -2.25. The highest BCUT2D eigenvalue weighted by atomic mass is 35.5. The molecule has 1 N–H and O–H groups in total. The molecule has 2 aromatic carbocycles. The summed E-state index contributed by atoms with van der Waals surface area (Å²) in [7, 11) is 0. The minimum Gasteiger partial charge on any atom is -0.383 e. The molecule has 19 heavy (non-hydrogen) atoms. The number of carbonyl (C=O) groups excluding carboxylic acids is 1. The van der Waals surface area contributed by atoms with Gasteiger partial charge in [-0.2, -0.15) is 0 Å². The molecular weight excluding hydrogens is 260 g/mol. The van der Waals surface area contributed by atoms with Gasteiger partial charge >= 0.3 is 0 Å². The van der Waals surface area contributed by atoms with Gasteiger partial charge in [0.2, 0.25) is 0 Å². The molecular formula is C16H15ClO2. The number of ketones is 1. The van der Waals surface area contributed by atoms with Gasteiger partial charge < -0.3 is 5.11 Å². The highest BCUT2D eigenvalue weighted by molar-refractivity contribution is 6.23. The number of rotatable bonds is 4. The summed E-state index contributed by atoms with van der Waals surface area (Å²) in [6.07, 6.45) is -1.24. The SMILES string of the molecule is Cc1ccc([C@H](Cl)[C@@H](O)C(=O)c2ccccc2)cc1. The summed E-state index contributed by atoms with van der Waals surface area (Å²) < 4.78 is 0. The van der Waals surface area contributed by atoms with Crippen molar-refractivity contribution in [2.75, 3.05) is 0 Å². The van der Waals surface area contributed by atoms with Crippen molar-refractivity contribution in [3.63, 3.8) is 0 Å². The third-order valence-electron chi connectivity index (χ3n) is 3.00. The van der Waals surface area contributed by atoms with Crippen LogP contribution in [0.5, 0.6) is 0 Å². The Hall–Kier alpha value is -1.64. The summed E-state index contributed by atoms with van der Waals surface area (Å²) in [6.45, 7) is 1.97. The molecule has 0 bridgehead atoms. The highest BCUT2D eigenvalue weighted by Crippen LogP contribution is 2.26.